The van der Waals surface area contributed by atoms with Gasteiger partial charge < -0.3 is 25.5 Å². The van der Waals surface area contributed by atoms with Crippen molar-refractivity contribution in [2.24, 2.45) is 11.8 Å². The number of ketones is 1. The van der Waals surface area contributed by atoms with E-state index >= 15 is 0 Å². The molecule has 3 atom stereocenters. The van der Waals surface area contributed by atoms with Crippen molar-refractivity contribution in [3.8, 4) is 0 Å². The number of benzene rings is 2. The summed E-state index contributed by atoms with van der Waals surface area (Å²) in [5.74, 6) is -4.64. The number of hydrogen-bond donors (Lipinski definition) is 3. The normalized spacial score (nSPS) is 18.3. The van der Waals surface area contributed by atoms with E-state index in [1.165, 1.54) is 11.9 Å². The second-order valence-electron chi connectivity index (χ2n) is 12.7. The van der Waals surface area contributed by atoms with Crippen molar-refractivity contribution < 1.29 is 33.9 Å². The van der Waals surface area contributed by atoms with Crippen molar-refractivity contribution in [1.82, 2.24) is 20.4 Å². The molecule has 45 heavy (non-hydrogen) atoms. The molecule has 0 spiro atoms. The van der Waals surface area contributed by atoms with Crippen molar-refractivity contribution in [2.75, 3.05) is 20.1 Å². The average Bonchev–Trinajstić information content (AvgIpc) is 3.52. The smallest absolute Gasteiger partial charge is 0.323 e. The van der Waals surface area contributed by atoms with Crippen LogP contribution in [-0.4, -0.2) is 88.6 Å². The Labute approximate surface area is 263 Å². The molecule has 2 fully saturated rings. The monoisotopic (exact) mass is 620 g/mol. The zero-order valence-electron chi connectivity index (χ0n) is 26.3. The maximum absolute atomic E-state index is 14.1. The third-order valence-electron chi connectivity index (χ3n) is 8.92. The van der Waals surface area contributed by atoms with Gasteiger partial charge in [0.2, 0.25) is 17.6 Å². The van der Waals surface area contributed by atoms with Gasteiger partial charge in [-0.3, -0.25) is 28.8 Å². The number of carbonyl (C=O) groups is 6. The lowest BCUT2D eigenvalue weighted by molar-refractivity contribution is -0.150. The molecule has 1 unspecified atom stereocenters. The van der Waals surface area contributed by atoms with Crippen LogP contribution in [0.5, 0.6) is 0 Å². The van der Waals surface area contributed by atoms with Crippen molar-refractivity contribution >= 4 is 46.2 Å². The number of aliphatic carboxylic acids is 1. The molecule has 0 aromatic heterocycles. The predicted octanol–water partition coefficient (Wildman–Crippen LogP) is 3.15. The molecule has 2 aromatic rings. The summed E-state index contributed by atoms with van der Waals surface area (Å²) >= 11 is 0. The van der Waals surface area contributed by atoms with E-state index in [0.29, 0.717) is 31.4 Å². The largest absolute Gasteiger partial charge is 0.480 e. The van der Waals surface area contributed by atoms with E-state index in [1.807, 2.05) is 30.3 Å². The van der Waals surface area contributed by atoms with Crippen LogP contribution in [-0.2, 0) is 24.0 Å². The van der Waals surface area contributed by atoms with Crippen molar-refractivity contribution in [1.29, 1.82) is 0 Å². The number of carboxylic acid groups (broad SMARTS) is 1. The van der Waals surface area contributed by atoms with Gasteiger partial charge in [-0.1, -0.05) is 76.3 Å². The summed E-state index contributed by atoms with van der Waals surface area (Å²) in [6.07, 6.45) is 6.66. The zero-order valence-corrected chi connectivity index (χ0v) is 26.3. The maximum Gasteiger partial charge on any atom is 0.323 e. The van der Waals surface area contributed by atoms with Crippen LogP contribution in [0.1, 0.15) is 75.6 Å². The number of likely N-dealkylation sites (N-methyl/N-ethyl adjacent to an activating group) is 1. The van der Waals surface area contributed by atoms with Crippen molar-refractivity contribution in [3.63, 3.8) is 0 Å². The lowest BCUT2D eigenvalue weighted by Crippen LogP contribution is -2.57. The Balaban J connectivity index is 1.51. The van der Waals surface area contributed by atoms with Crippen LogP contribution in [0.4, 0.5) is 0 Å². The van der Waals surface area contributed by atoms with E-state index in [9.17, 15) is 28.8 Å². The van der Waals surface area contributed by atoms with Crippen molar-refractivity contribution in [3.05, 3.63) is 48.0 Å². The van der Waals surface area contributed by atoms with Gasteiger partial charge in [0, 0.05) is 19.2 Å². The van der Waals surface area contributed by atoms with Crippen LogP contribution in [0.15, 0.2) is 42.5 Å². The summed E-state index contributed by atoms with van der Waals surface area (Å²) in [6.45, 7) is 3.02. The highest BCUT2D eigenvalue weighted by molar-refractivity contribution is 6.38. The van der Waals surface area contributed by atoms with Gasteiger partial charge in [0.1, 0.15) is 18.6 Å². The lowest BCUT2D eigenvalue weighted by atomic mass is 9.84. The van der Waals surface area contributed by atoms with Crippen LogP contribution >= 0.6 is 0 Å². The molecule has 1 saturated heterocycles. The average molecular weight is 621 g/mol. The molecule has 1 aliphatic carbocycles. The topological polar surface area (TPSA) is 153 Å². The Morgan fingerprint density at radius 3 is 2.27 bits per heavy atom. The SMILES string of the molecule is CC(C)C(NC(=O)[C@@H]1CCCN1C(=O)[C@@H](CC1CCCCC1)NC(=O)c1ccc2ccccc2c1)C(=O)C(=O)N(C)CC(=O)O. The fourth-order valence-electron chi connectivity index (χ4n) is 6.43. The summed E-state index contributed by atoms with van der Waals surface area (Å²) in [5, 5.41) is 16.6. The number of hydrogen-bond acceptors (Lipinski definition) is 6. The van der Waals surface area contributed by atoms with Crippen LogP contribution in [0.2, 0.25) is 0 Å². The van der Waals surface area contributed by atoms with Gasteiger partial charge in [0.05, 0.1) is 6.04 Å². The number of nitrogens with one attached hydrogen (secondary N) is 2. The molecule has 1 saturated carbocycles. The van der Waals surface area contributed by atoms with Gasteiger partial charge in [-0.25, -0.2) is 0 Å². The minimum Gasteiger partial charge on any atom is -0.480 e. The zero-order chi connectivity index (χ0) is 32.7. The molecule has 3 N–H and O–H groups in total. The minimum atomic E-state index is -1.26. The van der Waals surface area contributed by atoms with Crippen LogP contribution in [0, 0.1) is 11.8 Å². The van der Waals surface area contributed by atoms with Gasteiger partial charge in [-0.15, -0.1) is 0 Å². The third-order valence-corrected chi connectivity index (χ3v) is 8.92. The summed E-state index contributed by atoms with van der Waals surface area (Å²) < 4.78 is 0. The van der Waals surface area contributed by atoms with E-state index in [1.54, 1.807) is 26.0 Å². The molecule has 4 amide bonds. The number of carboxylic acids is 1. The van der Waals surface area contributed by atoms with Crippen molar-refractivity contribution in [2.45, 2.75) is 83.3 Å². The number of rotatable bonds is 12. The first kappa shape index (κ1) is 33.6. The summed E-state index contributed by atoms with van der Waals surface area (Å²) in [5.41, 5.74) is 0.446. The van der Waals surface area contributed by atoms with Gasteiger partial charge >= 0.3 is 5.97 Å². The first-order valence-electron chi connectivity index (χ1n) is 15.9. The highest BCUT2D eigenvalue weighted by Gasteiger charge is 2.41. The predicted molar refractivity (Wildman–Crippen MR) is 168 cm³/mol. The maximum atomic E-state index is 14.1. The Morgan fingerprint density at radius 2 is 1.60 bits per heavy atom. The molecule has 2 aromatic carbocycles. The number of Topliss-reactive ketones (excluding diaryl/α,β-unsaturated/α-hetero) is 1. The summed E-state index contributed by atoms with van der Waals surface area (Å²) in [4.78, 5) is 80.1. The Hall–Kier alpha value is -4.28. The first-order valence-corrected chi connectivity index (χ1v) is 15.9. The van der Waals surface area contributed by atoms with Gasteiger partial charge in [-0.05, 0) is 54.0 Å². The second-order valence-corrected chi connectivity index (χ2v) is 12.7. The van der Waals surface area contributed by atoms with E-state index in [-0.39, 0.29) is 17.7 Å². The second kappa shape index (κ2) is 15.1. The van der Waals surface area contributed by atoms with Gasteiger partial charge in [0.15, 0.2) is 0 Å². The molecular formula is C34H44N4O7. The molecule has 4 rings (SSSR count). The number of nitrogens with zero attached hydrogens (tertiary/aromatic N) is 2. The minimum absolute atomic E-state index is 0.274. The number of fused-ring (bicyclic) bond motifs is 1. The van der Waals surface area contributed by atoms with Gasteiger partial charge in [0.25, 0.3) is 11.8 Å². The van der Waals surface area contributed by atoms with Crippen LogP contribution in [0.25, 0.3) is 10.8 Å². The fraction of sp³-hybridized carbons (Fsp3) is 0.529. The molecule has 1 aliphatic heterocycles. The number of amides is 4. The molecule has 11 nitrogen and oxygen atoms in total. The number of likely N-dealkylation sites (tertiary alicyclic amines) is 1. The Kier molecular flexibility index (Phi) is 11.3. The molecule has 0 bridgehead atoms. The van der Waals surface area contributed by atoms with Crippen LogP contribution in [0.3, 0.4) is 0 Å². The molecule has 11 heteroatoms. The quantitative estimate of drug-likeness (QED) is 0.308. The van der Waals surface area contributed by atoms with E-state index in [0.717, 1.165) is 47.8 Å². The number of carbonyl (C=O) groups excluding carboxylic acids is 5. The summed E-state index contributed by atoms with van der Waals surface area (Å²) in [6, 6.07) is 10.3. The molecular weight excluding hydrogens is 576 g/mol. The lowest BCUT2D eigenvalue weighted by Gasteiger charge is -2.32. The molecule has 1 heterocycles. The Bertz CT molecular complexity index is 1430. The highest BCUT2D eigenvalue weighted by atomic mass is 16.4. The van der Waals surface area contributed by atoms with Crippen LogP contribution < -0.4 is 10.6 Å². The first-order chi connectivity index (χ1) is 21.5. The molecule has 0 radical (unpaired) electrons. The van der Waals surface area contributed by atoms with E-state index in [2.05, 4.69) is 10.6 Å². The van der Waals surface area contributed by atoms with Gasteiger partial charge in [-0.2, -0.15) is 0 Å². The summed E-state index contributed by atoms with van der Waals surface area (Å²) in [7, 11) is 1.21. The van der Waals surface area contributed by atoms with E-state index < -0.39 is 54.2 Å². The standard InChI is InChI=1S/C34H44N4O7/c1-21(2)29(30(41)34(45)37(3)20-28(39)40)36-32(43)27-14-9-17-38(27)33(44)26(18-22-10-5-4-6-11-22)35-31(42)25-16-15-23-12-7-8-13-24(23)19-25/h7-8,12-13,15-16,19,21-22,26-27,29H,4-6,9-11,14,17-18,20H2,1-3H3,(H,35,42)(H,36,43)(H,39,40)/t26-,27+,29?/m1/s1. The fourth-order valence-corrected chi connectivity index (χ4v) is 6.43. The molecule has 2 aliphatic rings. The third kappa shape index (κ3) is 8.46. The highest BCUT2D eigenvalue weighted by Crippen LogP contribution is 2.29. The Morgan fingerprint density at radius 1 is 0.911 bits per heavy atom. The molecule has 242 valence electrons. The van der Waals surface area contributed by atoms with E-state index in [4.69, 9.17) is 5.11 Å².